The van der Waals surface area contributed by atoms with Crippen molar-refractivity contribution in [2.24, 2.45) is 5.73 Å². The molecular formula is C8H8BrClF2N2. The van der Waals surface area contributed by atoms with E-state index in [-0.39, 0.29) is 10.7 Å². The van der Waals surface area contributed by atoms with Crippen molar-refractivity contribution in [1.82, 2.24) is 4.98 Å². The second-order valence-electron chi connectivity index (χ2n) is 3.07. The highest BCUT2D eigenvalue weighted by molar-refractivity contribution is 9.10. The van der Waals surface area contributed by atoms with Gasteiger partial charge in [0.1, 0.15) is 10.7 Å². The summed E-state index contributed by atoms with van der Waals surface area (Å²) in [6.45, 7) is 1.24. The first-order chi connectivity index (χ1) is 6.35. The molecule has 14 heavy (non-hydrogen) atoms. The van der Waals surface area contributed by atoms with Crippen molar-refractivity contribution in [3.8, 4) is 0 Å². The number of halogens is 4. The monoisotopic (exact) mass is 284 g/mol. The van der Waals surface area contributed by atoms with Gasteiger partial charge < -0.3 is 5.73 Å². The van der Waals surface area contributed by atoms with E-state index < -0.39 is 12.0 Å². The van der Waals surface area contributed by atoms with Crippen LogP contribution in [0.2, 0.25) is 5.15 Å². The Hall–Kier alpha value is -0.260. The number of hydrogen-bond acceptors (Lipinski definition) is 2. The molecule has 0 saturated carbocycles. The lowest BCUT2D eigenvalue weighted by Crippen LogP contribution is -2.41. The molecule has 0 radical (unpaired) electrons. The number of hydrogen-bond donors (Lipinski definition) is 1. The lowest BCUT2D eigenvalue weighted by molar-refractivity contribution is 0.0621. The fourth-order valence-electron chi connectivity index (χ4n) is 0.944. The van der Waals surface area contributed by atoms with Crippen LogP contribution in [0.25, 0.3) is 0 Å². The van der Waals surface area contributed by atoms with E-state index in [1.165, 1.54) is 19.2 Å². The van der Waals surface area contributed by atoms with Crippen molar-refractivity contribution in [3.63, 3.8) is 0 Å². The predicted molar refractivity (Wildman–Crippen MR) is 54.5 cm³/mol. The summed E-state index contributed by atoms with van der Waals surface area (Å²) < 4.78 is 25.6. The van der Waals surface area contributed by atoms with E-state index in [0.29, 0.717) is 4.47 Å². The largest absolute Gasteiger partial charge is 0.317 e. The first-order valence-electron chi connectivity index (χ1n) is 3.74. The summed E-state index contributed by atoms with van der Waals surface area (Å²) in [7, 11) is 0. The van der Waals surface area contributed by atoms with Crippen molar-refractivity contribution in [3.05, 3.63) is 27.5 Å². The van der Waals surface area contributed by atoms with Gasteiger partial charge in [-0.3, -0.25) is 0 Å². The van der Waals surface area contributed by atoms with Gasteiger partial charge in [0.15, 0.2) is 0 Å². The van der Waals surface area contributed by atoms with Crippen LogP contribution in [0.1, 0.15) is 12.5 Å². The van der Waals surface area contributed by atoms with Crippen LogP contribution in [0.3, 0.4) is 0 Å². The van der Waals surface area contributed by atoms with E-state index in [2.05, 4.69) is 20.9 Å². The highest BCUT2D eigenvalue weighted by Gasteiger charge is 2.34. The van der Waals surface area contributed by atoms with Gasteiger partial charge in [0, 0.05) is 10.7 Å². The van der Waals surface area contributed by atoms with Crippen molar-refractivity contribution in [2.75, 3.05) is 0 Å². The fraction of sp³-hybridized carbons (Fsp3) is 0.375. The van der Waals surface area contributed by atoms with Crippen molar-refractivity contribution in [2.45, 2.75) is 18.9 Å². The summed E-state index contributed by atoms with van der Waals surface area (Å²) in [5.41, 5.74) is 4.00. The minimum absolute atomic E-state index is 0.139. The van der Waals surface area contributed by atoms with Gasteiger partial charge in [-0.2, -0.15) is 0 Å². The molecule has 1 unspecified atom stereocenters. The molecule has 0 bridgehead atoms. The summed E-state index contributed by atoms with van der Waals surface area (Å²) in [6.07, 6.45) is -1.32. The molecule has 1 aromatic heterocycles. The topological polar surface area (TPSA) is 38.9 Å². The van der Waals surface area contributed by atoms with Crippen LogP contribution >= 0.6 is 27.5 Å². The third kappa shape index (κ3) is 2.21. The number of alkyl halides is 2. The molecule has 78 valence electrons. The van der Waals surface area contributed by atoms with Gasteiger partial charge in [-0.25, -0.2) is 13.8 Å². The highest BCUT2D eigenvalue weighted by Crippen LogP contribution is 2.31. The molecule has 2 nitrogen and oxygen atoms in total. The summed E-state index contributed by atoms with van der Waals surface area (Å²) in [6, 6.07) is 1.33. The van der Waals surface area contributed by atoms with E-state index in [1.54, 1.807) is 0 Å². The van der Waals surface area contributed by atoms with E-state index in [0.717, 1.165) is 0 Å². The first kappa shape index (κ1) is 11.8. The second-order valence-corrected chi connectivity index (χ2v) is 4.31. The van der Waals surface area contributed by atoms with Gasteiger partial charge in [-0.1, -0.05) is 11.6 Å². The molecule has 2 N–H and O–H groups in total. The second kappa shape index (κ2) is 4.08. The molecular weight excluding hydrogens is 277 g/mol. The smallest absolute Gasteiger partial charge is 0.260 e. The Balaban J connectivity index is 3.24. The quantitative estimate of drug-likeness (QED) is 0.849. The number of pyridine rings is 1. The van der Waals surface area contributed by atoms with Gasteiger partial charge in [-0.05, 0) is 34.5 Å². The first-order valence-corrected chi connectivity index (χ1v) is 4.91. The Kier molecular flexibility index (Phi) is 3.44. The molecule has 0 aliphatic carbocycles. The molecule has 0 aliphatic heterocycles. The third-order valence-electron chi connectivity index (χ3n) is 1.86. The predicted octanol–water partition coefficient (Wildman–Crippen LogP) is 2.94. The van der Waals surface area contributed by atoms with Crippen LogP contribution in [-0.4, -0.2) is 11.4 Å². The minimum atomic E-state index is -2.67. The van der Waals surface area contributed by atoms with Crippen LogP contribution < -0.4 is 5.73 Å². The van der Waals surface area contributed by atoms with Crippen LogP contribution in [0.4, 0.5) is 8.78 Å². The van der Waals surface area contributed by atoms with Crippen molar-refractivity contribution in [1.29, 1.82) is 0 Å². The van der Waals surface area contributed by atoms with Gasteiger partial charge in [0.05, 0.1) is 0 Å². The van der Waals surface area contributed by atoms with E-state index in [4.69, 9.17) is 17.3 Å². The molecule has 0 aromatic carbocycles. The lowest BCUT2D eigenvalue weighted by atomic mass is 9.95. The van der Waals surface area contributed by atoms with Crippen LogP contribution in [-0.2, 0) is 5.54 Å². The average molecular weight is 286 g/mol. The van der Waals surface area contributed by atoms with Gasteiger partial charge >= 0.3 is 0 Å². The van der Waals surface area contributed by atoms with Crippen molar-refractivity contribution >= 4 is 27.5 Å². The van der Waals surface area contributed by atoms with Gasteiger partial charge in [0.2, 0.25) is 0 Å². The van der Waals surface area contributed by atoms with Gasteiger partial charge in [-0.15, -0.1) is 0 Å². The van der Waals surface area contributed by atoms with Crippen LogP contribution in [0.5, 0.6) is 0 Å². The molecule has 0 saturated heterocycles. The minimum Gasteiger partial charge on any atom is -0.317 e. The Morgan fingerprint density at radius 2 is 2.21 bits per heavy atom. The Morgan fingerprint density at radius 3 is 2.71 bits per heavy atom. The normalized spacial score (nSPS) is 15.6. The maximum Gasteiger partial charge on any atom is 0.260 e. The molecule has 0 spiro atoms. The lowest BCUT2D eigenvalue weighted by Gasteiger charge is -2.25. The highest BCUT2D eigenvalue weighted by atomic mass is 79.9. The molecule has 0 aliphatic rings. The number of aromatic nitrogens is 1. The zero-order valence-electron chi connectivity index (χ0n) is 7.27. The third-order valence-corrected chi connectivity index (χ3v) is 2.69. The van der Waals surface area contributed by atoms with E-state index in [1.807, 2.05) is 0 Å². The number of nitrogens with two attached hydrogens (primary N) is 1. The standard InChI is InChI=1S/C8H8BrClF2N2/c1-8(13,7(11)12)4-2-6(10)14-3-5(4)9/h2-3,7H,13H2,1H3. The van der Waals surface area contributed by atoms with Crippen LogP contribution in [0, 0.1) is 0 Å². The zero-order valence-corrected chi connectivity index (χ0v) is 9.61. The summed E-state index contributed by atoms with van der Waals surface area (Å²) in [4.78, 5) is 3.73. The molecule has 0 fully saturated rings. The maximum atomic E-state index is 12.6. The average Bonchev–Trinajstić information content (AvgIpc) is 2.08. The molecule has 1 rings (SSSR count). The Labute approximate surface area is 93.6 Å². The summed E-state index contributed by atoms with van der Waals surface area (Å²) >= 11 is 8.70. The number of nitrogens with zero attached hydrogens (tertiary/aromatic N) is 1. The number of rotatable bonds is 2. The van der Waals surface area contributed by atoms with E-state index in [9.17, 15) is 8.78 Å². The Bertz CT molecular complexity index is 344. The van der Waals surface area contributed by atoms with Crippen LogP contribution in [0.15, 0.2) is 16.7 Å². The Morgan fingerprint density at radius 1 is 1.64 bits per heavy atom. The zero-order chi connectivity index (χ0) is 10.9. The SMILES string of the molecule is CC(N)(c1cc(Cl)ncc1Br)C(F)F. The van der Waals surface area contributed by atoms with Crippen molar-refractivity contribution < 1.29 is 8.78 Å². The molecule has 0 amide bonds. The van der Waals surface area contributed by atoms with E-state index >= 15 is 0 Å². The molecule has 1 atom stereocenters. The maximum absolute atomic E-state index is 12.6. The summed E-state index contributed by atoms with van der Waals surface area (Å²) in [5, 5.41) is 0.139. The molecule has 1 aromatic rings. The molecule has 1 heterocycles. The van der Waals surface area contributed by atoms with Gasteiger partial charge in [0.25, 0.3) is 6.43 Å². The fourth-order valence-corrected chi connectivity index (χ4v) is 1.75. The summed E-state index contributed by atoms with van der Waals surface area (Å²) in [5.74, 6) is 0. The molecule has 6 heteroatoms.